The Kier molecular flexibility index (Phi) is 5.52. The minimum Gasteiger partial charge on any atom is -0.316 e. The highest BCUT2D eigenvalue weighted by atomic mass is 35.5. The minimum atomic E-state index is 0. The summed E-state index contributed by atoms with van der Waals surface area (Å²) in [5.74, 6) is 0.884. The van der Waals surface area contributed by atoms with Gasteiger partial charge in [-0.1, -0.05) is 27.7 Å². The lowest BCUT2D eigenvalue weighted by atomic mass is 9.75. The van der Waals surface area contributed by atoms with Gasteiger partial charge in [-0.05, 0) is 49.1 Å². The van der Waals surface area contributed by atoms with Crippen LogP contribution in [-0.2, 0) is 0 Å². The van der Waals surface area contributed by atoms with E-state index in [9.17, 15) is 0 Å². The molecule has 0 aliphatic carbocycles. The van der Waals surface area contributed by atoms with Gasteiger partial charge in [0.05, 0.1) is 0 Å². The summed E-state index contributed by atoms with van der Waals surface area (Å²) in [6.07, 6.45) is 4.17. The molecule has 0 spiro atoms. The van der Waals surface area contributed by atoms with E-state index in [1.165, 1.54) is 52.0 Å². The largest absolute Gasteiger partial charge is 0.316 e. The van der Waals surface area contributed by atoms with Crippen molar-refractivity contribution >= 4 is 12.4 Å². The first-order valence-electron chi connectivity index (χ1n) is 7.32. The van der Waals surface area contributed by atoms with Crippen LogP contribution in [0.3, 0.4) is 0 Å². The summed E-state index contributed by atoms with van der Waals surface area (Å²) in [6, 6.07) is 0. The molecule has 2 nitrogen and oxygen atoms in total. The van der Waals surface area contributed by atoms with Crippen LogP contribution in [0.25, 0.3) is 0 Å². The Bertz CT molecular complexity index is 254. The molecule has 2 aliphatic heterocycles. The Morgan fingerprint density at radius 3 is 2.61 bits per heavy atom. The van der Waals surface area contributed by atoms with Gasteiger partial charge in [0.15, 0.2) is 0 Å². The number of hydrogen-bond acceptors (Lipinski definition) is 2. The number of halogens is 1. The summed E-state index contributed by atoms with van der Waals surface area (Å²) in [5.41, 5.74) is 1.01. The third-order valence-corrected chi connectivity index (χ3v) is 4.79. The van der Waals surface area contributed by atoms with Crippen molar-refractivity contribution in [2.45, 2.75) is 47.0 Å². The summed E-state index contributed by atoms with van der Waals surface area (Å²) >= 11 is 0. The number of nitrogens with zero attached hydrogens (tertiary/aromatic N) is 1. The lowest BCUT2D eigenvalue weighted by Gasteiger charge is -2.42. The molecule has 2 atom stereocenters. The predicted molar refractivity (Wildman–Crippen MR) is 81.5 cm³/mol. The number of likely N-dealkylation sites (tertiary alicyclic amines) is 1. The van der Waals surface area contributed by atoms with Gasteiger partial charge in [-0.15, -0.1) is 12.4 Å². The van der Waals surface area contributed by atoms with Crippen molar-refractivity contribution in [2.75, 3.05) is 32.7 Å². The second-order valence-corrected chi connectivity index (χ2v) is 7.68. The molecule has 2 unspecified atom stereocenters. The van der Waals surface area contributed by atoms with Crippen LogP contribution in [0.4, 0.5) is 0 Å². The fourth-order valence-electron chi connectivity index (χ4n) is 3.45. The van der Waals surface area contributed by atoms with Crippen LogP contribution in [-0.4, -0.2) is 37.6 Å². The maximum atomic E-state index is 3.52. The number of nitrogens with one attached hydrogen (secondary N) is 1. The zero-order chi connectivity index (χ0) is 12.5. The molecule has 2 rings (SSSR count). The maximum absolute atomic E-state index is 3.52. The SMILES string of the molecule is CC1(CN2CCCC(C(C)(C)C)C2)CCNC1.Cl. The third-order valence-electron chi connectivity index (χ3n) is 4.79. The molecule has 2 fully saturated rings. The molecule has 0 aromatic carbocycles. The minimum absolute atomic E-state index is 0. The van der Waals surface area contributed by atoms with E-state index >= 15 is 0 Å². The van der Waals surface area contributed by atoms with Gasteiger partial charge < -0.3 is 10.2 Å². The quantitative estimate of drug-likeness (QED) is 0.832. The van der Waals surface area contributed by atoms with Crippen molar-refractivity contribution in [3.05, 3.63) is 0 Å². The zero-order valence-corrected chi connectivity index (χ0v) is 13.4. The monoisotopic (exact) mass is 274 g/mol. The molecule has 0 aromatic rings. The van der Waals surface area contributed by atoms with E-state index < -0.39 is 0 Å². The van der Waals surface area contributed by atoms with Crippen molar-refractivity contribution in [3.63, 3.8) is 0 Å². The van der Waals surface area contributed by atoms with Crippen LogP contribution >= 0.6 is 12.4 Å². The van der Waals surface area contributed by atoms with E-state index in [1.54, 1.807) is 0 Å². The second kappa shape index (κ2) is 6.11. The third kappa shape index (κ3) is 4.11. The fourth-order valence-corrected chi connectivity index (χ4v) is 3.45. The standard InChI is InChI=1S/C15H30N2.ClH/c1-14(2,3)13-6-5-9-17(10-13)12-15(4)7-8-16-11-15;/h13,16H,5-12H2,1-4H3;1H. The van der Waals surface area contributed by atoms with Gasteiger partial charge in [-0.2, -0.15) is 0 Å². The Labute approximate surface area is 119 Å². The van der Waals surface area contributed by atoms with Crippen molar-refractivity contribution in [1.82, 2.24) is 10.2 Å². The lowest BCUT2D eigenvalue weighted by molar-refractivity contribution is 0.0713. The molecule has 2 aliphatic rings. The molecule has 108 valence electrons. The van der Waals surface area contributed by atoms with Crippen molar-refractivity contribution < 1.29 is 0 Å². The smallest absolute Gasteiger partial charge is 0.00481 e. The molecule has 0 saturated carbocycles. The molecular weight excluding hydrogens is 244 g/mol. The predicted octanol–water partition coefficient (Wildman–Crippen LogP) is 3.17. The van der Waals surface area contributed by atoms with Gasteiger partial charge in [0.2, 0.25) is 0 Å². The van der Waals surface area contributed by atoms with E-state index in [2.05, 4.69) is 37.9 Å². The summed E-state index contributed by atoms with van der Waals surface area (Å²) in [7, 11) is 0. The molecule has 0 radical (unpaired) electrons. The summed E-state index contributed by atoms with van der Waals surface area (Å²) < 4.78 is 0. The van der Waals surface area contributed by atoms with Gasteiger partial charge in [0, 0.05) is 19.6 Å². The first kappa shape index (κ1) is 16.3. The summed E-state index contributed by atoms with van der Waals surface area (Å²) in [6.45, 7) is 16.0. The average molecular weight is 275 g/mol. The zero-order valence-electron chi connectivity index (χ0n) is 12.6. The van der Waals surface area contributed by atoms with Crippen molar-refractivity contribution in [3.8, 4) is 0 Å². The van der Waals surface area contributed by atoms with E-state index in [4.69, 9.17) is 0 Å². The average Bonchev–Trinajstić information content (AvgIpc) is 2.64. The maximum Gasteiger partial charge on any atom is 0.00481 e. The number of hydrogen-bond donors (Lipinski definition) is 1. The first-order valence-corrected chi connectivity index (χ1v) is 7.32. The van der Waals surface area contributed by atoms with Gasteiger partial charge in [-0.25, -0.2) is 0 Å². The molecule has 0 bridgehead atoms. The summed E-state index contributed by atoms with van der Waals surface area (Å²) in [4.78, 5) is 2.73. The highest BCUT2D eigenvalue weighted by molar-refractivity contribution is 5.85. The van der Waals surface area contributed by atoms with Crippen LogP contribution < -0.4 is 5.32 Å². The highest BCUT2D eigenvalue weighted by Gasteiger charge is 2.34. The topological polar surface area (TPSA) is 15.3 Å². The summed E-state index contributed by atoms with van der Waals surface area (Å²) in [5, 5.41) is 3.52. The lowest BCUT2D eigenvalue weighted by Crippen LogP contribution is -2.45. The Balaban J connectivity index is 0.00000162. The van der Waals surface area contributed by atoms with E-state index in [0.717, 1.165) is 5.92 Å². The highest BCUT2D eigenvalue weighted by Crippen LogP contribution is 2.35. The van der Waals surface area contributed by atoms with Crippen LogP contribution in [0, 0.1) is 16.7 Å². The van der Waals surface area contributed by atoms with Gasteiger partial charge in [0.25, 0.3) is 0 Å². The Morgan fingerprint density at radius 1 is 1.33 bits per heavy atom. The van der Waals surface area contributed by atoms with Crippen LogP contribution in [0.5, 0.6) is 0 Å². The van der Waals surface area contributed by atoms with E-state index in [1.807, 2.05) is 0 Å². The molecule has 0 aromatic heterocycles. The van der Waals surface area contributed by atoms with Crippen molar-refractivity contribution in [1.29, 1.82) is 0 Å². The van der Waals surface area contributed by atoms with E-state index in [-0.39, 0.29) is 12.4 Å². The second-order valence-electron chi connectivity index (χ2n) is 7.68. The first-order chi connectivity index (χ1) is 7.89. The normalized spacial score (nSPS) is 34.3. The van der Waals surface area contributed by atoms with Gasteiger partial charge in [0.1, 0.15) is 0 Å². The van der Waals surface area contributed by atoms with Crippen LogP contribution in [0.1, 0.15) is 47.0 Å². The van der Waals surface area contributed by atoms with E-state index in [0.29, 0.717) is 10.8 Å². The van der Waals surface area contributed by atoms with Crippen molar-refractivity contribution in [2.24, 2.45) is 16.7 Å². The van der Waals surface area contributed by atoms with Crippen LogP contribution in [0.15, 0.2) is 0 Å². The molecule has 2 heterocycles. The van der Waals surface area contributed by atoms with Gasteiger partial charge in [-0.3, -0.25) is 0 Å². The molecule has 0 amide bonds. The fraction of sp³-hybridized carbons (Fsp3) is 1.00. The van der Waals surface area contributed by atoms with Gasteiger partial charge >= 0.3 is 0 Å². The number of rotatable bonds is 2. The molecular formula is C15H31ClN2. The molecule has 18 heavy (non-hydrogen) atoms. The molecule has 3 heteroatoms. The Morgan fingerprint density at radius 2 is 2.06 bits per heavy atom. The number of piperidine rings is 1. The Hall–Kier alpha value is 0.210. The van der Waals surface area contributed by atoms with Crippen LogP contribution in [0.2, 0.25) is 0 Å². The molecule has 2 saturated heterocycles. The molecule has 1 N–H and O–H groups in total.